The molecule has 0 unspecified atom stereocenters. The largest absolute Gasteiger partial charge is 0.462 e. The topological polar surface area (TPSA) is 78.9 Å². The van der Waals surface area contributed by atoms with Gasteiger partial charge in [0.25, 0.3) is 0 Å². The first-order valence-electron chi connectivity index (χ1n) is 32.1. The zero-order valence-electron chi connectivity index (χ0n) is 48.9. The van der Waals surface area contributed by atoms with E-state index in [1.165, 1.54) is 218 Å². The molecule has 0 aliphatic heterocycles. The number of rotatable bonds is 59. The van der Waals surface area contributed by atoms with Gasteiger partial charge in [-0.15, -0.1) is 0 Å². The Morgan fingerprint density at radius 3 is 0.795 bits per heavy atom. The van der Waals surface area contributed by atoms with Crippen LogP contribution in [0.2, 0.25) is 0 Å². The van der Waals surface area contributed by atoms with Crippen LogP contribution in [0.15, 0.2) is 48.6 Å². The van der Waals surface area contributed by atoms with Gasteiger partial charge in [-0.3, -0.25) is 14.4 Å². The molecule has 0 bridgehead atoms. The molecule has 0 saturated heterocycles. The van der Waals surface area contributed by atoms with Gasteiger partial charge in [-0.2, -0.15) is 0 Å². The van der Waals surface area contributed by atoms with Gasteiger partial charge in [0.15, 0.2) is 6.10 Å². The number of carbonyl (C=O) groups is 3. The van der Waals surface area contributed by atoms with Crippen LogP contribution in [-0.4, -0.2) is 37.2 Å². The Morgan fingerprint density at radius 2 is 0.493 bits per heavy atom. The zero-order valence-corrected chi connectivity index (χ0v) is 48.9. The first kappa shape index (κ1) is 70.4. The third-order valence-corrected chi connectivity index (χ3v) is 14.3. The maximum Gasteiger partial charge on any atom is 0.306 e. The second kappa shape index (κ2) is 61.9. The summed E-state index contributed by atoms with van der Waals surface area (Å²) in [7, 11) is 0. The van der Waals surface area contributed by atoms with Crippen molar-refractivity contribution in [3.8, 4) is 0 Å². The van der Waals surface area contributed by atoms with E-state index in [2.05, 4.69) is 69.4 Å². The molecule has 0 radical (unpaired) electrons. The highest BCUT2D eigenvalue weighted by molar-refractivity contribution is 5.71. The summed E-state index contributed by atoms with van der Waals surface area (Å²) in [5.41, 5.74) is 0. The van der Waals surface area contributed by atoms with Crippen molar-refractivity contribution in [3.63, 3.8) is 0 Å². The normalized spacial score (nSPS) is 12.3. The SMILES string of the molecule is CCCCC/C=C/C/C=C/C/C=C/C/C=C/CCCCCC(=O)OC[C@@H](COC(=O)CCCCCCCCCCCCCCCCCCC)OC(=O)CCCCCCCCCCCCCCCCCCCCC. The number of unbranched alkanes of at least 4 members (excludes halogenated alkanes) is 40. The van der Waals surface area contributed by atoms with Crippen molar-refractivity contribution in [3.05, 3.63) is 48.6 Å². The summed E-state index contributed by atoms with van der Waals surface area (Å²) in [6, 6.07) is 0. The van der Waals surface area contributed by atoms with Crippen molar-refractivity contribution in [2.45, 2.75) is 348 Å². The van der Waals surface area contributed by atoms with Crippen molar-refractivity contribution in [2.75, 3.05) is 13.2 Å². The molecule has 0 aliphatic rings. The van der Waals surface area contributed by atoms with E-state index in [-0.39, 0.29) is 31.1 Å². The quantitative estimate of drug-likeness (QED) is 0.0261. The summed E-state index contributed by atoms with van der Waals surface area (Å²) in [6.07, 6.45) is 76.8. The smallest absolute Gasteiger partial charge is 0.306 e. The van der Waals surface area contributed by atoms with Crippen LogP contribution in [0.25, 0.3) is 0 Å². The molecule has 73 heavy (non-hydrogen) atoms. The van der Waals surface area contributed by atoms with Crippen molar-refractivity contribution in [1.82, 2.24) is 0 Å². The molecule has 6 nitrogen and oxygen atoms in total. The van der Waals surface area contributed by atoms with Gasteiger partial charge in [0, 0.05) is 19.3 Å². The first-order valence-corrected chi connectivity index (χ1v) is 32.1. The Hall–Kier alpha value is -2.63. The van der Waals surface area contributed by atoms with E-state index in [0.29, 0.717) is 19.3 Å². The third kappa shape index (κ3) is 60.1. The standard InChI is InChI=1S/C67H122O6/c1-4-7-10-13-16-19-22-25-28-31-33-36-39-42-45-48-51-54-57-60-66(69)72-63-64(62-71-65(68)59-56-53-50-47-44-41-38-35-30-27-24-21-18-15-12-9-6-3)73-67(70)61-58-55-52-49-46-43-40-37-34-32-29-26-23-20-17-14-11-8-5-2/h16,19,25,28,33,36,42,45,64H,4-15,17-18,20-24,26-27,29-32,34-35,37-41,43-44,46-63H2,1-3H3/b19-16+,28-25+,36-33+,45-42+/t64-/m1/s1. The van der Waals surface area contributed by atoms with Crippen molar-refractivity contribution in [1.29, 1.82) is 0 Å². The molecule has 0 aromatic carbocycles. The van der Waals surface area contributed by atoms with Crippen LogP contribution in [-0.2, 0) is 28.6 Å². The van der Waals surface area contributed by atoms with Crippen LogP contribution >= 0.6 is 0 Å². The van der Waals surface area contributed by atoms with Crippen LogP contribution in [0.4, 0.5) is 0 Å². The molecule has 0 amide bonds. The zero-order chi connectivity index (χ0) is 52.9. The van der Waals surface area contributed by atoms with Gasteiger partial charge in [0.2, 0.25) is 0 Å². The van der Waals surface area contributed by atoms with Gasteiger partial charge in [0.05, 0.1) is 0 Å². The molecule has 0 aromatic heterocycles. The van der Waals surface area contributed by atoms with Gasteiger partial charge in [-0.25, -0.2) is 0 Å². The highest BCUT2D eigenvalue weighted by atomic mass is 16.6. The Kier molecular flexibility index (Phi) is 59.7. The van der Waals surface area contributed by atoms with Crippen LogP contribution in [0, 0.1) is 0 Å². The molecule has 426 valence electrons. The number of ether oxygens (including phenoxy) is 3. The van der Waals surface area contributed by atoms with E-state index in [1.807, 2.05) is 0 Å². The lowest BCUT2D eigenvalue weighted by atomic mass is 10.0. The van der Waals surface area contributed by atoms with Gasteiger partial charge in [0.1, 0.15) is 13.2 Å². The molecule has 0 aromatic rings. The number of allylic oxidation sites excluding steroid dienone is 8. The number of carbonyl (C=O) groups excluding carboxylic acids is 3. The lowest BCUT2D eigenvalue weighted by Gasteiger charge is -2.18. The lowest BCUT2D eigenvalue weighted by Crippen LogP contribution is -2.30. The van der Waals surface area contributed by atoms with Crippen molar-refractivity contribution < 1.29 is 28.6 Å². The molecule has 0 aliphatic carbocycles. The Balaban J connectivity index is 4.38. The third-order valence-electron chi connectivity index (χ3n) is 14.3. The summed E-state index contributed by atoms with van der Waals surface area (Å²) in [5.74, 6) is -0.886. The first-order chi connectivity index (χ1) is 36.0. The fourth-order valence-electron chi connectivity index (χ4n) is 9.49. The maximum atomic E-state index is 12.9. The van der Waals surface area contributed by atoms with E-state index in [9.17, 15) is 14.4 Å². The minimum Gasteiger partial charge on any atom is -0.462 e. The van der Waals surface area contributed by atoms with E-state index in [4.69, 9.17) is 14.2 Å². The van der Waals surface area contributed by atoms with Crippen molar-refractivity contribution in [2.24, 2.45) is 0 Å². The van der Waals surface area contributed by atoms with E-state index >= 15 is 0 Å². The van der Waals surface area contributed by atoms with Crippen LogP contribution < -0.4 is 0 Å². The summed E-state index contributed by atoms with van der Waals surface area (Å²) in [4.78, 5) is 38.3. The molecule has 0 N–H and O–H groups in total. The predicted octanol–water partition coefficient (Wildman–Crippen LogP) is 21.8. The summed E-state index contributed by atoms with van der Waals surface area (Å²) < 4.78 is 16.9. The molecule has 1 atom stereocenters. The van der Waals surface area contributed by atoms with Gasteiger partial charge in [-0.05, 0) is 64.2 Å². The molecule has 0 spiro atoms. The number of hydrogen-bond donors (Lipinski definition) is 0. The highest BCUT2D eigenvalue weighted by Gasteiger charge is 2.19. The fraction of sp³-hybridized carbons (Fsp3) is 0.836. The Morgan fingerprint density at radius 1 is 0.274 bits per heavy atom. The molecule has 0 heterocycles. The lowest BCUT2D eigenvalue weighted by molar-refractivity contribution is -0.167. The number of hydrogen-bond acceptors (Lipinski definition) is 6. The fourth-order valence-corrected chi connectivity index (χ4v) is 9.49. The van der Waals surface area contributed by atoms with E-state index in [0.717, 1.165) is 83.5 Å². The average Bonchev–Trinajstić information content (AvgIpc) is 3.39. The maximum absolute atomic E-state index is 12.9. The molecule has 6 heteroatoms. The minimum absolute atomic E-state index is 0.0783. The number of esters is 3. The molecule has 0 fully saturated rings. The van der Waals surface area contributed by atoms with Crippen molar-refractivity contribution >= 4 is 17.9 Å². The Labute approximate surface area is 454 Å². The predicted molar refractivity (Wildman–Crippen MR) is 316 cm³/mol. The molecular weight excluding hydrogens is 901 g/mol. The van der Waals surface area contributed by atoms with E-state index < -0.39 is 6.10 Å². The minimum atomic E-state index is -0.784. The second-order valence-electron chi connectivity index (χ2n) is 21.7. The summed E-state index contributed by atoms with van der Waals surface area (Å²) in [6.45, 7) is 6.65. The van der Waals surface area contributed by atoms with Gasteiger partial charge in [-0.1, -0.05) is 307 Å². The van der Waals surface area contributed by atoms with Crippen LogP contribution in [0.1, 0.15) is 342 Å². The highest BCUT2D eigenvalue weighted by Crippen LogP contribution is 2.18. The summed E-state index contributed by atoms with van der Waals surface area (Å²) in [5, 5.41) is 0. The molecule has 0 saturated carbocycles. The van der Waals surface area contributed by atoms with Crippen LogP contribution in [0.5, 0.6) is 0 Å². The summed E-state index contributed by atoms with van der Waals surface area (Å²) >= 11 is 0. The monoisotopic (exact) mass is 1020 g/mol. The molecular formula is C67H122O6. The Bertz CT molecular complexity index is 1270. The van der Waals surface area contributed by atoms with Gasteiger partial charge >= 0.3 is 17.9 Å². The second-order valence-corrected chi connectivity index (χ2v) is 21.7. The van der Waals surface area contributed by atoms with Crippen LogP contribution in [0.3, 0.4) is 0 Å². The van der Waals surface area contributed by atoms with E-state index in [1.54, 1.807) is 0 Å². The average molecular weight is 1020 g/mol. The van der Waals surface area contributed by atoms with Gasteiger partial charge < -0.3 is 14.2 Å². The molecule has 0 rings (SSSR count).